The van der Waals surface area contributed by atoms with Crippen molar-refractivity contribution in [2.75, 3.05) is 32.1 Å². The second kappa shape index (κ2) is 7.09. The molecule has 1 N–H and O–H groups in total. The average molecular weight is 294 g/mol. The molecular formula is C12H26N2O4S. The van der Waals surface area contributed by atoms with Crippen LogP contribution in [0.2, 0.25) is 0 Å². The summed E-state index contributed by atoms with van der Waals surface area (Å²) in [6.07, 6.45) is 0.822. The van der Waals surface area contributed by atoms with Gasteiger partial charge in [0.15, 0.2) is 0 Å². The van der Waals surface area contributed by atoms with Gasteiger partial charge >= 0.3 is 6.09 Å². The third-order valence-electron chi connectivity index (χ3n) is 2.20. The number of carbonyl (C=O) groups excluding carboxylic acids is 1. The molecule has 0 heterocycles. The van der Waals surface area contributed by atoms with Gasteiger partial charge in [-0.25, -0.2) is 13.2 Å². The molecule has 1 amide bonds. The van der Waals surface area contributed by atoms with Crippen molar-refractivity contribution in [3.63, 3.8) is 0 Å². The summed E-state index contributed by atoms with van der Waals surface area (Å²) in [4.78, 5) is 13.1. The molecule has 7 heteroatoms. The van der Waals surface area contributed by atoms with Gasteiger partial charge in [0, 0.05) is 32.4 Å². The van der Waals surface area contributed by atoms with Gasteiger partial charge in [0.25, 0.3) is 0 Å². The minimum absolute atomic E-state index is 0.0865. The number of rotatable bonds is 6. The van der Waals surface area contributed by atoms with Crippen molar-refractivity contribution in [3.8, 4) is 0 Å². The van der Waals surface area contributed by atoms with Gasteiger partial charge in [-0.1, -0.05) is 0 Å². The normalized spacial score (nSPS) is 14.0. The van der Waals surface area contributed by atoms with E-state index >= 15 is 0 Å². The van der Waals surface area contributed by atoms with Crippen LogP contribution in [0.3, 0.4) is 0 Å². The van der Waals surface area contributed by atoms with Crippen LogP contribution in [0.15, 0.2) is 0 Å². The third kappa shape index (κ3) is 10.8. The fraction of sp³-hybridized carbons (Fsp3) is 0.917. The first-order chi connectivity index (χ1) is 8.41. The maximum absolute atomic E-state index is 11.6. The predicted molar refractivity (Wildman–Crippen MR) is 76.0 cm³/mol. The van der Waals surface area contributed by atoms with Crippen molar-refractivity contribution in [1.82, 2.24) is 10.2 Å². The molecule has 0 aromatic heterocycles. The molecule has 0 saturated carbocycles. The molecule has 0 bridgehead atoms. The van der Waals surface area contributed by atoms with E-state index in [1.54, 1.807) is 14.0 Å². The van der Waals surface area contributed by atoms with Gasteiger partial charge in [-0.15, -0.1) is 0 Å². The van der Waals surface area contributed by atoms with Crippen LogP contribution in [0.5, 0.6) is 0 Å². The van der Waals surface area contributed by atoms with Crippen LogP contribution in [-0.2, 0) is 14.6 Å². The van der Waals surface area contributed by atoms with Gasteiger partial charge in [0.1, 0.15) is 15.4 Å². The Hall–Kier alpha value is -0.820. The highest BCUT2D eigenvalue weighted by molar-refractivity contribution is 7.90. The first-order valence-electron chi connectivity index (χ1n) is 6.26. The fourth-order valence-electron chi connectivity index (χ4n) is 1.42. The predicted octanol–water partition coefficient (Wildman–Crippen LogP) is 0.876. The van der Waals surface area contributed by atoms with Crippen LogP contribution in [0.4, 0.5) is 4.79 Å². The van der Waals surface area contributed by atoms with E-state index in [0.29, 0.717) is 13.1 Å². The summed E-state index contributed by atoms with van der Waals surface area (Å²) >= 11 is 0. The number of nitrogens with one attached hydrogen (secondary N) is 1. The Kier molecular flexibility index (Phi) is 6.79. The number of nitrogens with zero attached hydrogens (tertiary/aromatic N) is 1. The highest BCUT2D eigenvalue weighted by Crippen LogP contribution is 2.08. The maximum atomic E-state index is 11.6. The SMILES string of the molecule is CC(CS(C)(=O)=O)NCCN(C)C(=O)OC(C)(C)C. The minimum Gasteiger partial charge on any atom is -0.444 e. The first-order valence-corrected chi connectivity index (χ1v) is 8.32. The van der Waals surface area contributed by atoms with E-state index in [-0.39, 0.29) is 17.9 Å². The van der Waals surface area contributed by atoms with Crippen molar-refractivity contribution in [1.29, 1.82) is 0 Å². The third-order valence-corrected chi connectivity index (χ3v) is 3.30. The molecule has 0 aliphatic carbocycles. The van der Waals surface area contributed by atoms with Crippen molar-refractivity contribution < 1.29 is 17.9 Å². The molecule has 0 aromatic carbocycles. The van der Waals surface area contributed by atoms with Crippen LogP contribution in [0.1, 0.15) is 27.7 Å². The van der Waals surface area contributed by atoms with E-state index in [1.807, 2.05) is 20.8 Å². The van der Waals surface area contributed by atoms with Crippen LogP contribution in [0, 0.1) is 0 Å². The second-order valence-electron chi connectivity index (χ2n) is 5.85. The first kappa shape index (κ1) is 18.2. The van der Waals surface area contributed by atoms with E-state index in [2.05, 4.69) is 5.32 Å². The molecule has 0 fully saturated rings. The number of amides is 1. The van der Waals surface area contributed by atoms with E-state index in [4.69, 9.17) is 4.74 Å². The number of ether oxygens (including phenoxy) is 1. The molecule has 0 saturated heterocycles. The Morgan fingerprint density at radius 2 is 1.89 bits per heavy atom. The van der Waals surface area contributed by atoms with Crippen molar-refractivity contribution in [2.45, 2.75) is 39.3 Å². The molecule has 0 radical (unpaired) electrons. The van der Waals surface area contributed by atoms with Gasteiger partial charge < -0.3 is 15.0 Å². The van der Waals surface area contributed by atoms with Crippen molar-refractivity contribution in [2.24, 2.45) is 0 Å². The van der Waals surface area contributed by atoms with Gasteiger partial charge in [-0.3, -0.25) is 0 Å². The highest BCUT2D eigenvalue weighted by atomic mass is 32.2. The molecule has 0 rings (SSSR count). The quantitative estimate of drug-likeness (QED) is 0.787. The Balaban J connectivity index is 3.98. The summed E-state index contributed by atoms with van der Waals surface area (Å²) in [6, 6.07) is -0.137. The molecule has 1 unspecified atom stereocenters. The molecule has 19 heavy (non-hydrogen) atoms. The second-order valence-corrected chi connectivity index (χ2v) is 8.03. The number of likely N-dealkylation sites (N-methyl/N-ethyl adjacent to an activating group) is 1. The van der Waals surface area contributed by atoms with E-state index in [1.165, 1.54) is 11.2 Å². The van der Waals surface area contributed by atoms with Crippen molar-refractivity contribution in [3.05, 3.63) is 0 Å². The Morgan fingerprint density at radius 1 is 1.37 bits per heavy atom. The number of hydrogen-bond donors (Lipinski definition) is 1. The smallest absolute Gasteiger partial charge is 0.410 e. The zero-order valence-corrected chi connectivity index (χ0v) is 13.5. The Bertz CT molecular complexity index is 387. The summed E-state index contributed by atoms with van der Waals surface area (Å²) in [6.45, 7) is 8.21. The van der Waals surface area contributed by atoms with Crippen LogP contribution in [-0.4, -0.2) is 63.2 Å². The summed E-state index contributed by atoms with van der Waals surface area (Å²) in [7, 11) is -1.33. The summed E-state index contributed by atoms with van der Waals surface area (Å²) in [5.41, 5.74) is -0.512. The number of carbonyl (C=O) groups is 1. The van der Waals surface area contributed by atoms with Gasteiger partial charge in [0.05, 0.1) is 5.75 Å². The van der Waals surface area contributed by atoms with E-state index in [0.717, 1.165) is 0 Å². The fourth-order valence-corrected chi connectivity index (χ4v) is 2.45. The zero-order chi connectivity index (χ0) is 15.3. The minimum atomic E-state index is -2.98. The molecule has 0 aliphatic heterocycles. The monoisotopic (exact) mass is 294 g/mol. The molecule has 6 nitrogen and oxygen atoms in total. The van der Waals surface area contributed by atoms with Gasteiger partial charge in [0.2, 0.25) is 0 Å². The molecule has 114 valence electrons. The molecule has 0 aromatic rings. The summed E-state index contributed by atoms with van der Waals surface area (Å²) in [5, 5.41) is 3.06. The standard InChI is InChI=1S/C12H26N2O4S/c1-10(9-19(6,16)17)13-7-8-14(5)11(15)18-12(2,3)4/h10,13H,7-9H2,1-6H3. The molecule has 0 aliphatic rings. The summed E-state index contributed by atoms with van der Waals surface area (Å²) in [5.74, 6) is 0.0865. The number of hydrogen-bond acceptors (Lipinski definition) is 5. The molecule has 0 spiro atoms. The largest absolute Gasteiger partial charge is 0.444 e. The summed E-state index contributed by atoms with van der Waals surface area (Å²) < 4.78 is 27.4. The average Bonchev–Trinajstić information content (AvgIpc) is 2.11. The van der Waals surface area contributed by atoms with E-state index in [9.17, 15) is 13.2 Å². The lowest BCUT2D eigenvalue weighted by molar-refractivity contribution is 0.0300. The lowest BCUT2D eigenvalue weighted by Gasteiger charge is -2.25. The zero-order valence-electron chi connectivity index (χ0n) is 12.7. The van der Waals surface area contributed by atoms with Gasteiger partial charge in [-0.2, -0.15) is 0 Å². The molecular weight excluding hydrogens is 268 g/mol. The highest BCUT2D eigenvalue weighted by Gasteiger charge is 2.19. The van der Waals surface area contributed by atoms with Gasteiger partial charge in [-0.05, 0) is 27.7 Å². The van der Waals surface area contributed by atoms with Crippen molar-refractivity contribution >= 4 is 15.9 Å². The van der Waals surface area contributed by atoms with Crippen LogP contribution >= 0.6 is 0 Å². The lowest BCUT2D eigenvalue weighted by Crippen LogP contribution is -2.41. The lowest BCUT2D eigenvalue weighted by atomic mass is 10.2. The van der Waals surface area contributed by atoms with E-state index < -0.39 is 15.4 Å². The maximum Gasteiger partial charge on any atom is 0.410 e. The Labute approximate surface area is 116 Å². The molecule has 1 atom stereocenters. The van der Waals surface area contributed by atoms with Crippen LogP contribution in [0.25, 0.3) is 0 Å². The topological polar surface area (TPSA) is 75.7 Å². The number of sulfone groups is 1. The van der Waals surface area contributed by atoms with Crippen LogP contribution < -0.4 is 5.32 Å². The Morgan fingerprint density at radius 3 is 2.32 bits per heavy atom.